The van der Waals surface area contributed by atoms with Crippen LogP contribution in [0.5, 0.6) is 0 Å². The summed E-state index contributed by atoms with van der Waals surface area (Å²) in [4.78, 5) is 17.8. The van der Waals surface area contributed by atoms with Gasteiger partial charge in [-0.2, -0.15) is 5.10 Å². The van der Waals surface area contributed by atoms with Gasteiger partial charge < -0.3 is 14.4 Å². The number of anilines is 1. The Bertz CT molecular complexity index is 611. The third kappa shape index (κ3) is 3.69. The number of ether oxygens (including phenoxy) is 2. The molecule has 2 rings (SSSR count). The standard InChI is InChI=1S/C14H20N4O3/c1-11-10-12-14(15-5-7-18(12)16-11)17(8-9-20-2)6-4-13(19)21-3/h5,7,10H,4,6,8-9H2,1-3H3. The molecular weight excluding hydrogens is 272 g/mol. The second-order valence-corrected chi connectivity index (χ2v) is 4.67. The number of methoxy groups -OCH3 is 2. The fraction of sp³-hybridized carbons (Fsp3) is 0.500. The molecule has 0 amide bonds. The Kier molecular flexibility index (Phi) is 5.10. The molecule has 0 fully saturated rings. The molecule has 2 heterocycles. The molecule has 0 aliphatic heterocycles. The maximum Gasteiger partial charge on any atom is 0.307 e. The molecule has 2 aromatic rings. The molecule has 0 atom stereocenters. The van der Waals surface area contributed by atoms with Crippen molar-refractivity contribution in [3.05, 3.63) is 24.2 Å². The summed E-state index contributed by atoms with van der Waals surface area (Å²) >= 11 is 0. The minimum Gasteiger partial charge on any atom is -0.469 e. The number of aromatic nitrogens is 3. The van der Waals surface area contributed by atoms with Gasteiger partial charge in [-0.1, -0.05) is 0 Å². The molecule has 0 unspecified atom stereocenters. The van der Waals surface area contributed by atoms with Crippen LogP contribution in [0.1, 0.15) is 12.1 Å². The zero-order valence-corrected chi connectivity index (χ0v) is 12.6. The van der Waals surface area contributed by atoms with E-state index >= 15 is 0 Å². The highest BCUT2D eigenvalue weighted by atomic mass is 16.5. The number of fused-ring (bicyclic) bond motifs is 1. The lowest BCUT2D eigenvalue weighted by Gasteiger charge is -2.23. The average molecular weight is 292 g/mol. The first-order valence-electron chi connectivity index (χ1n) is 6.77. The van der Waals surface area contributed by atoms with Crippen LogP contribution in [0, 0.1) is 6.92 Å². The maximum absolute atomic E-state index is 11.4. The van der Waals surface area contributed by atoms with Crippen molar-refractivity contribution in [2.75, 3.05) is 38.8 Å². The average Bonchev–Trinajstić information content (AvgIpc) is 2.87. The molecular formula is C14H20N4O3. The number of carbonyl (C=O) groups excluding carboxylic acids is 1. The Balaban J connectivity index is 2.26. The van der Waals surface area contributed by atoms with Gasteiger partial charge in [0.2, 0.25) is 0 Å². The van der Waals surface area contributed by atoms with Gasteiger partial charge in [-0.3, -0.25) is 4.79 Å². The molecule has 0 saturated heterocycles. The zero-order chi connectivity index (χ0) is 15.2. The van der Waals surface area contributed by atoms with Crippen molar-refractivity contribution in [2.24, 2.45) is 0 Å². The monoisotopic (exact) mass is 292 g/mol. The van der Waals surface area contributed by atoms with E-state index in [1.807, 2.05) is 17.9 Å². The first kappa shape index (κ1) is 15.2. The summed E-state index contributed by atoms with van der Waals surface area (Å²) < 4.78 is 11.6. The van der Waals surface area contributed by atoms with Crippen molar-refractivity contribution in [3.63, 3.8) is 0 Å². The van der Waals surface area contributed by atoms with Crippen LogP contribution in [-0.2, 0) is 14.3 Å². The molecule has 0 spiro atoms. The first-order valence-corrected chi connectivity index (χ1v) is 6.77. The number of carbonyl (C=O) groups is 1. The first-order chi connectivity index (χ1) is 10.2. The Morgan fingerprint density at radius 2 is 2.19 bits per heavy atom. The third-order valence-corrected chi connectivity index (χ3v) is 3.17. The predicted molar refractivity (Wildman–Crippen MR) is 78.4 cm³/mol. The van der Waals surface area contributed by atoms with E-state index in [-0.39, 0.29) is 5.97 Å². The van der Waals surface area contributed by atoms with Crippen molar-refractivity contribution in [1.82, 2.24) is 14.6 Å². The van der Waals surface area contributed by atoms with Gasteiger partial charge in [0, 0.05) is 32.6 Å². The van der Waals surface area contributed by atoms with Crippen LogP contribution in [0.15, 0.2) is 18.5 Å². The van der Waals surface area contributed by atoms with Gasteiger partial charge in [0.15, 0.2) is 5.82 Å². The second-order valence-electron chi connectivity index (χ2n) is 4.67. The van der Waals surface area contributed by atoms with Gasteiger partial charge in [0.1, 0.15) is 5.52 Å². The molecule has 0 radical (unpaired) electrons. The lowest BCUT2D eigenvalue weighted by molar-refractivity contribution is -0.140. The smallest absolute Gasteiger partial charge is 0.307 e. The third-order valence-electron chi connectivity index (χ3n) is 3.17. The minimum absolute atomic E-state index is 0.242. The molecule has 7 heteroatoms. The molecule has 0 N–H and O–H groups in total. The van der Waals surface area contributed by atoms with Gasteiger partial charge in [-0.15, -0.1) is 0 Å². The fourth-order valence-corrected chi connectivity index (χ4v) is 2.13. The van der Waals surface area contributed by atoms with E-state index in [0.29, 0.717) is 26.1 Å². The van der Waals surface area contributed by atoms with Crippen LogP contribution in [0.3, 0.4) is 0 Å². The van der Waals surface area contributed by atoms with Gasteiger partial charge in [0.05, 0.1) is 25.8 Å². The topological polar surface area (TPSA) is 69.0 Å². The van der Waals surface area contributed by atoms with E-state index in [1.165, 1.54) is 7.11 Å². The number of hydrogen-bond donors (Lipinski definition) is 0. The van der Waals surface area contributed by atoms with Crippen LogP contribution in [0.2, 0.25) is 0 Å². The predicted octanol–water partition coefficient (Wildman–Crippen LogP) is 1.05. The lowest BCUT2D eigenvalue weighted by Crippen LogP contribution is -2.31. The Labute approximate surface area is 123 Å². The number of aryl methyl sites for hydroxylation is 1. The highest BCUT2D eigenvalue weighted by molar-refractivity contribution is 5.72. The Morgan fingerprint density at radius 3 is 2.90 bits per heavy atom. The van der Waals surface area contributed by atoms with E-state index in [2.05, 4.69) is 10.1 Å². The summed E-state index contributed by atoms with van der Waals surface area (Å²) in [5.41, 5.74) is 1.83. The van der Waals surface area contributed by atoms with Crippen molar-refractivity contribution in [3.8, 4) is 0 Å². The van der Waals surface area contributed by atoms with Crippen molar-refractivity contribution >= 4 is 17.3 Å². The van der Waals surface area contributed by atoms with Crippen molar-refractivity contribution in [2.45, 2.75) is 13.3 Å². The molecule has 0 aliphatic rings. The summed E-state index contributed by atoms with van der Waals surface area (Å²) in [6.45, 7) is 3.65. The molecule has 0 bridgehead atoms. The summed E-state index contributed by atoms with van der Waals surface area (Å²) in [6, 6.07) is 1.97. The van der Waals surface area contributed by atoms with E-state index in [1.54, 1.807) is 24.0 Å². The maximum atomic E-state index is 11.4. The van der Waals surface area contributed by atoms with Crippen LogP contribution in [0.25, 0.3) is 5.52 Å². The Hall–Kier alpha value is -2.15. The largest absolute Gasteiger partial charge is 0.469 e. The summed E-state index contributed by atoms with van der Waals surface area (Å²) in [7, 11) is 3.04. The molecule has 0 saturated carbocycles. The number of hydrogen-bond acceptors (Lipinski definition) is 6. The van der Waals surface area contributed by atoms with E-state index < -0.39 is 0 Å². The lowest BCUT2D eigenvalue weighted by atomic mass is 10.3. The van der Waals surface area contributed by atoms with Crippen LogP contribution in [-0.4, -0.2) is 54.5 Å². The fourth-order valence-electron chi connectivity index (χ4n) is 2.13. The van der Waals surface area contributed by atoms with Crippen LogP contribution in [0.4, 0.5) is 5.82 Å². The highest BCUT2D eigenvalue weighted by Crippen LogP contribution is 2.19. The van der Waals surface area contributed by atoms with Crippen LogP contribution >= 0.6 is 0 Å². The summed E-state index contributed by atoms with van der Waals surface area (Å²) in [6.07, 6.45) is 3.81. The molecule has 21 heavy (non-hydrogen) atoms. The van der Waals surface area contributed by atoms with Crippen molar-refractivity contribution < 1.29 is 14.3 Å². The summed E-state index contributed by atoms with van der Waals surface area (Å²) in [5, 5.41) is 4.38. The molecule has 7 nitrogen and oxygen atoms in total. The van der Waals surface area contributed by atoms with Gasteiger partial charge >= 0.3 is 5.97 Å². The Morgan fingerprint density at radius 1 is 1.38 bits per heavy atom. The van der Waals surface area contributed by atoms with Gasteiger partial charge in [-0.05, 0) is 13.0 Å². The van der Waals surface area contributed by atoms with Crippen LogP contribution < -0.4 is 4.90 Å². The molecule has 0 aromatic carbocycles. The molecule has 0 aliphatic carbocycles. The molecule has 114 valence electrons. The van der Waals surface area contributed by atoms with E-state index in [4.69, 9.17) is 9.47 Å². The number of rotatable bonds is 7. The number of esters is 1. The zero-order valence-electron chi connectivity index (χ0n) is 12.6. The van der Waals surface area contributed by atoms with Crippen molar-refractivity contribution in [1.29, 1.82) is 0 Å². The van der Waals surface area contributed by atoms with E-state index in [9.17, 15) is 4.79 Å². The summed E-state index contributed by atoms with van der Waals surface area (Å²) in [5.74, 6) is 0.549. The minimum atomic E-state index is -0.242. The quantitative estimate of drug-likeness (QED) is 0.711. The normalized spacial score (nSPS) is 10.8. The SMILES string of the molecule is COCCN(CCC(=O)OC)c1nccn2nc(C)cc12. The van der Waals surface area contributed by atoms with Gasteiger partial charge in [0.25, 0.3) is 0 Å². The molecule has 2 aromatic heterocycles. The highest BCUT2D eigenvalue weighted by Gasteiger charge is 2.15. The number of nitrogens with zero attached hydrogens (tertiary/aromatic N) is 4. The van der Waals surface area contributed by atoms with E-state index in [0.717, 1.165) is 17.0 Å². The van der Waals surface area contributed by atoms with Gasteiger partial charge in [-0.25, -0.2) is 9.50 Å². The second kappa shape index (κ2) is 7.03.